The average Bonchev–Trinajstić information content (AvgIpc) is 3.13. The van der Waals surface area contributed by atoms with Crippen LogP contribution in [-0.4, -0.2) is 42.3 Å². The minimum absolute atomic E-state index is 0.210. The Kier molecular flexibility index (Phi) is 9.27. The molecular formula is C22H28IN4O4P3. The molecule has 1 N–H and O–H groups in total. The Balaban J connectivity index is 2.15. The van der Waals surface area contributed by atoms with Gasteiger partial charge in [0, 0.05) is 38.1 Å². The molecule has 4 atom stereocenters. The fourth-order valence-corrected chi connectivity index (χ4v) is 4.08. The minimum atomic E-state index is -0.346. The van der Waals surface area contributed by atoms with Crippen molar-refractivity contribution in [1.29, 1.82) is 0 Å². The van der Waals surface area contributed by atoms with E-state index in [0.29, 0.717) is 29.7 Å². The number of aliphatic hydroxyl groups is 1. The van der Waals surface area contributed by atoms with Crippen LogP contribution in [0.15, 0.2) is 35.3 Å². The Morgan fingerprint density at radius 1 is 1.26 bits per heavy atom. The number of pyridine rings is 1. The van der Waals surface area contributed by atoms with E-state index in [1.54, 1.807) is 19.4 Å². The van der Waals surface area contributed by atoms with Gasteiger partial charge in [-0.3, -0.25) is 4.57 Å². The first kappa shape index (κ1) is 27.2. The molecule has 12 heteroatoms. The summed E-state index contributed by atoms with van der Waals surface area (Å²) in [5.74, 6) is 1.42. The quantitative estimate of drug-likeness (QED) is 0.286. The second-order valence-corrected chi connectivity index (χ2v) is 13.7. The van der Waals surface area contributed by atoms with E-state index in [1.807, 2.05) is 44.2 Å². The number of rotatable bonds is 9. The van der Waals surface area contributed by atoms with Gasteiger partial charge in [0.05, 0.1) is 12.8 Å². The lowest BCUT2D eigenvalue weighted by molar-refractivity contribution is 0.230. The smallest absolute Gasteiger partial charge is 0.350 e. The number of methoxy groups -OCH3 is 1. The van der Waals surface area contributed by atoms with E-state index in [0.717, 1.165) is 14.7 Å². The van der Waals surface area contributed by atoms with Crippen LogP contribution < -0.4 is 15.2 Å². The van der Waals surface area contributed by atoms with Crippen molar-refractivity contribution >= 4 is 62.5 Å². The van der Waals surface area contributed by atoms with Crippen LogP contribution in [0.4, 0.5) is 0 Å². The molecule has 34 heavy (non-hydrogen) atoms. The number of hydrogen-bond donors (Lipinski definition) is 1. The summed E-state index contributed by atoms with van der Waals surface area (Å²) in [6, 6.07) is 7.50. The number of halogens is 1. The summed E-state index contributed by atoms with van der Waals surface area (Å²) in [5.41, 5.74) is 1.91. The van der Waals surface area contributed by atoms with Crippen LogP contribution >= 0.6 is 50.3 Å². The number of aliphatic hydroxyl groups excluding tert-OH is 1. The van der Waals surface area contributed by atoms with Gasteiger partial charge in [0.25, 0.3) is 0 Å². The van der Waals surface area contributed by atoms with E-state index in [2.05, 4.69) is 60.4 Å². The summed E-state index contributed by atoms with van der Waals surface area (Å²) in [6.07, 6.45) is 5.30. The lowest BCUT2D eigenvalue weighted by Gasteiger charge is -2.28. The van der Waals surface area contributed by atoms with E-state index in [9.17, 15) is 9.90 Å². The molecule has 3 rings (SSSR count). The van der Waals surface area contributed by atoms with Gasteiger partial charge in [-0.1, -0.05) is 6.08 Å². The lowest BCUT2D eigenvalue weighted by Crippen LogP contribution is -2.27. The fourth-order valence-electron chi connectivity index (χ4n) is 3.15. The van der Waals surface area contributed by atoms with Gasteiger partial charge in [0.1, 0.15) is 18.5 Å². The largest absolute Gasteiger partial charge is 0.488 e. The summed E-state index contributed by atoms with van der Waals surface area (Å²) in [7, 11) is 9.78. The molecule has 0 aliphatic heterocycles. The fraction of sp³-hybridized carbons (Fsp3) is 0.318. The zero-order valence-electron chi connectivity index (χ0n) is 19.1. The molecule has 8 nitrogen and oxygen atoms in total. The molecule has 2 aromatic heterocycles. The standard InChI is InChI=1S/C22H28IN4O4P3/c1-4-26-19(12-28)25-27(21(26)29)17-11-18(31-13(2)22(32,33)34)15(10-16(17)23)8-7-14-6-5-9-24-20(14)30-3/h5-11,13,28H,4,12,32-34H2,1-3H3/b8-7+/t13-/m0/s1. The van der Waals surface area contributed by atoms with Gasteiger partial charge in [-0.2, -0.15) is 4.68 Å². The third kappa shape index (κ3) is 6.06. The van der Waals surface area contributed by atoms with E-state index in [4.69, 9.17) is 9.47 Å². The van der Waals surface area contributed by atoms with Crippen LogP contribution in [0.25, 0.3) is 17.8 Å². The summed E-state index contributed by atoms with van der Waals surface area (Å²) in [5, 5.41) is 14.0. The average molecular weight is 632 g/mol. The maximum atomic E-state index is 13.0. The molecule has 0 fully saturated rings. The maximum absolute atomic E-state index is 13.0. The number of benzene rings is 1. The van der Waals surface area contributed by atoms with Crippen molar-refractivity contribution in [3.05, 3.63) is 61.5 Å². The first-order valence-electron chi connectivity index (χ1n) is 10.4. The zero-order valence-corrected chi connectivity index (χ0v) is 24.7. The lowest BCUT2D eigenvalue weighted by atomic mass is 10.1. The number of ether oxygens (including phenoxy) is 2. The molecule has 0 radical (unpaired) electrons. The minimum Gasteiger partial charge on any atom is -0.488 e. The number of hydrogen-bond acceptors (Lipinski definition) is 6. The highest BCUT2D eigenvalue weighted by Gasteiger charge is 2.24. The van der Waals surface area contributed by atoms with Gasteiger partial charge in [0.2, 0.25) is 5.88 Å². The van der Waals surface area contributed by atoms with Crippen molar-refractivity contribution in [3.8, 4) is 17.3 Å². The normalized spacial score (nSPS) is 12.8. The SMILES string of the molecule is CCn1c(CO)nn(-c2cc(O[C@@H](C)C(P)(P)P)c(/C=C/c3cccnc3OC)cc2I)c1=O. The maximum Gasteiger partial charge on any atom is 0.350 e. The second-order valence-electron chi connectivity index (χ2n) is 7.55. The van der Waals surface area contributed by atoms with E-state index in [-0.39, 0.29) is 23.0 Å². The van der Waals surface area contributed by atoms with E-state index in [1.165, 1.54) is 9.25 Å². The Labute approximate surface area is 219 Å². The predicted molar refractivity (Wildman–Crippen MR) is 154 cm³/mol. The Morgan fingerprint density at radius 3 is 2.56 bits per heavy atom. The highest BCUT2D eigenvalue weighted by molar-refractivity contribution is 14.1. The second kappa shape index (κ2) is 11.6. The molecule has 0 amide bonds. The van der Waals surface area contributed by atoms with Gasteiger partial charge in [-0.15, -0.1) is 32.8 Å². The van der Waals surface area contributed by atoms with Crippen LogP contribution in [0.2, 0.25) is 0 Å². The molecule has 0 bridgehead atoms. The van der Waals surface area contributed by atoms with Gasteiger partial charge < -0.3 is 14.6 Å². The van der Waals surface area contributed by atoms with Gasteiger partial charge in [-0.05, 0) is 60.7 Å². The third-order valence-corrected chi connectivity index (χ3v) is 7.42. The molecular weight excluding hydrogens is 604 g/mol. The molecule has 3 aromatic rings. The summed E-state index contributed by atoms with van der Waals surface area (Å²) in [4.78, 5) is 17.2. The van der Waals surface area contributed by atoms with Gasteiger partial charge in [0.15, 0.2) is 5.82 Å². The molecule has 0 saturated heterocycles. The van der Waals surface area contributed by atoms with Crippen LogP contribution in [0, 0.1) is 3.57 Å². The van der Waals surface area contributed by atoms with Crippen molar-refractivity contribution in [2.45, 2.75) is 37.7 Å². The van der Waals surface area contributed by atoms with Crippen molar-refractivity contribution in [3.63, 3.8) is 0 Å². The Bertz CT molecular complexity index is 1250. The molecule has 0 aliphatic rings. The molecule has 0 spiro atoms. The summed E-state index contributed by atoms with van der Waals surface area (Å²) >= 11 is 2.18. The van der Waals surface area contributed by atoms with Crippen LogP contribution in [0.3, 0.4) is 0 Å². The first-order chi connectivity index (χ1) is 16.1. The van der Waals surface area contributed by atoms with Crippen LogP contribution in [-0.2, 0) is 13.2 Å². The predicted octanol–water partition coefficient (Wildman–Crippen LogP) is 3.77. The summed E-state index contributed by atoms with van der Waals surface area (Å²) in [6.45, 7) is 3.89. The first-order valence-corrected chi connectivity index (χ1v) is 13.3. The third-order valence-electron chi connectivity index (χ3n) is 5.15. The molecule has 182 valence electrons. The van der Waals surface area contributed by atoms with Crippen molar-refractivity contribution in [1.82, 2.24) is 19.3 Å². The Hall–Kier alpha value is -1.37. The monoisotopic (exact) mass is 632 g/mol. The van der Waals surface area contributed by atoms with Crippen LogP contribution in [0.1, 0.15) is 30.8 Å². The topological polar surface area (TPSA) is 91.4 Å². The molecule has 1 aromatic carbocycles. The Morgan fingerprint density at radius 2 is 1.97 bits per heavy atom. The molecule has 2 heterocycles. The molecule has 3 unspecified atom stereocenters. The van der Waals surface area contributed by atoms with Crippen molar-refractivity contribution < 1.29 is 14.6 Å². The van der Waals surface area contributed by atoms with Crippen molar-refractivity contribution in [2.24, 2.45) is 0 Å². The molecule has 0 aliphatic carbocycles. The number of nitrogens with zero attached hydrogens (tertiary/aromatic N) is 4. The van der Waals surface area contributed by atoms with E-state index >= 15 is 0 Å². The van der Waals surface area contributed by atoms with Gasteiger partial charge >= 0.3 is 5.69 Å². The van der Waals surface area contributed by atoms with Crippen molar-refractivity contribution in [2.75, 3.05) is 7.11 Å². The van der Waals surface area contributed by atoms with Gasteiger partial charge in [-0.25, -0.2) is 9.78 Å². The number of aromatic nitrogens is 4. The summed E-state index contributed by atoms with van der Waals surface area (Å²) < 4.78 is 14.9. The molecule has 0 saturated carbocycles. The highest BCUT2D eigenvalue weighted by Crippen LogP contribution is 2.41. The highest BCUT2D eigenvalue weighted by atomic mass is 127. The van der Waals surface area contributed by atoms with E-state index < -0.39 is 0 Å². The zero-order chi connectivity index (χ0) is 25.0. The van der Waals surface area contributed by atoms with Crippen LogP contribution in [0.5, 0.6) is 11.6 Å².